The molecule has 8 rings (SSSR count). The molecular weight excluding hydrogens is 586 g/mol. The maximum atomic E-state index is 15.2. The first-order valence-electron chi connectivity index (χ1n) is 15.4. The summed E-state index contributed by atoms with van der Waals surface area (Å²) in [6.45, 7) is 4.15. The maximum absolute atomic E-state index is 15.2. The lowest BCUT2D eigenvalue weighted by molar-refractivity contribution is 0.589. The average molecular weight is 615 g/mol. The Balaban J connectivity index is 1.48. The first-order valence-corrected chi connectivity index (χ1v) is 15.4. The second-order valence-corrected chi connectivity index (χ2v) is 11.7. The van der Waals surface area contributed by atoms with Crippen molar-refractivity contribution in [2.45, 2.75) is 13.8 Å². The number of aromatic nitrogens is 4. The van der Waals surface area contributed by atoms with Crippen LogP contribution in [0.25, 0.3) is 72.8 Å². The van der Waals surface area contributed by atoms with Crippen LogP contribution >= 0.6 is 0 Å². The SMILES string of the molecule is Cc1ccc2c(c1)c1cc(C)ccc1n2-c1cc(-c2c(F)cccc2F)ccc1-c1nc(-c2ccccc2)nc(-c2ccccc2)n1. The molecule has 0 amide bonds. The predicted molar refractivity (Wildman–Crippen MR) is 185 cm³/mol. The van der Waals surface area contributed by atoms with E-state index in [9.17, 15) is 0 Å². The van der Waals surface area contributed by atoms with Gasteiger partial charge in [0.15, 0.2) is 17.5 Å². The van der Waals surface area contributed by atoms with Crippen molar-refractivity contribution in [3.63, 3.8) is 0 Å². The van der Waals surface area contributed by atoms with Crippen molar-refractivity contribution >= 4 is 21.8 Å². The monoisotopic (exact) mass is 614 g/mol. The molecule has 8 aromatic rings. The normalized spacial score (nSPS) is 11.4. The Bertz CT molecular complexity index is 2310. The van der Waals surface area contributed by atoms with E-state index in [1.807, 2.05) is 72.8 Å². The zero-order chi connectivity index (χ0) is 32.1. The minimum absolute atomic E-state index is 0.0849. The van der Waals surface area contributed by atoms with Gasteiger partial charge in [0.1, 0.15) is 11.6 Å². The van der Waals surface area contributed by atoms with E-state index in [0.29, 0.717) is 34.3 Å². The highest BCUT2D eigenvalue weighted by Crippen LogP contribution is 2.39. The van der Waals surface area contributed by atoms with Gasteiger partial charge in [-0.15, -0.1) is 0 Å². The first kappa shape index (κ1) is 28.5. The molecule has 226 valence electrons. The highest BCUT2D eigenvalue weighted by molar-refractivity contribution is 6.10. The third-order valence-electron chi connectivity index (χ3n) is 8.51. The molecule has 0 unspecified atom stereocenters. The average Bonchev–Trinajstić information content (AvgIpc) is 3.41. The van der Waals surface area contributed by atoms with Gasteiger partial charge in [-0.3, -0.25) is 0 Å². The molecule has 2 aromatic heterocycles. The van der Waals surface area contributed by atoms with Crippen molar-refractivity contribution in [3.8, 4) is 51.0 Å². The molecule has 0 spiro atoms. The molecule has 6 aromatic carbocycles. The molecule has 47 heavy (non-hydrogen) atoms. The van der Waals surface area contributed by atoms with Crippen molar-refractivity contribution in [1.29, 1.82) is 0 Å². The van der Waals surface area contributed by atoms with Gasteiger partial charge in [0.05, 0.1) is 22.3 Å². The van der Waals surface area contributed by atoms with E-state index in [0.717, 1.165) is 44.1 Å². The van der Waals surface area contributed by atoms with Crippen molar-refractivity contribution in [1.82, 2.24) is 19.5 Å². The molecule has 4 nitrogen and oxygen atoms in total. The van der Waals surface area contributed by atoms with E-state index in [1.54, 1.807) is 6.07 Å². The molecule has 0 atom stereocenters. The number of aryl methyl sites for hydroxylation is 2. The molecule has 0 saturated carbocycles. The molecule has 0 radical (unpaired) electrons. The molecule has 0 saturated heterocycles. The second-order valence-electron chi connectivity index (χ2n) is 11.7. The van der Waals surface area contributed by atoms with Gasteiger partial charge in [-0.2, -0.15) is 0 Å². The Morgan fingerprint density at radius 1 is 0.468 bits per heavy atom. The maximum Gasteiger partial charge on any atom is 0.166 e. The van der Waals surface area contributed by atoms with Gasteiger partial charge in [0.25, 0.3) is 0 Å². The van der Waals surface area contributed by atoms with Crippen LogP contribution in [0, 0.1) is 25.5 Å². The van der Waals surface area contributed by atoms with Crippen LogP contribution in [0.1, 0.15) is 11.1 Å². The van der Waals surface area contributed by atoms with Crippen LogP contribution in [0.2, 0.25) is 0 Å². The van der Waals surface area contributed by atoms with E-state index < -0.39 is 11.6 Å². The lowest BCUT2D eigenvalue weighted by Crippen LogP contribution is -2.04. The lowest BCUT2D eigenvalue weighted by Gasteiger charge is -2.17. The molecule has 0 N–H and O–H groups in total. The van der Waals surface area contributed by atoms with Gasteiger partial charge >= 0.3 is 0 Å². The lowest BCUT2D eigenvalue weighted by atomic mass is 10.00. The van der Waals surface area contributed by atoms with Crippen LogP contribution < -0.4 is 0 Å². The van der Waals surface area contributed by atoms with Crippen LogP contribution in [-0.2, 0) is 0 Å². The zero-order valence-corrected chi connectivity index (χ0v) is 25.7. The summed E-state index contributed by atoms with van der Waals surface area (Å²) >= 11 is 0. The molecular formula is C41H28F2N4. The van der Waals surface area contributed by atoms with E-state index in [-0.39, 0.29) is 5.56 Å². The van der Waals surface area contributed by atoms with Gasteiger partial charge < -0.3 is 4.57 Å². The van der Waals surface area contributed by atoms with Gasteiger partial charge in [-0.25, -0.2) is 23.7 Å². The second kappa shape index (κ2) is 11.4. The summed E-state index contributed by atoms with van der Waals surface area (Å²) in [5.41, 5.74) is 7.62. The summed E-state index contributed by atoms with van der Waals surface area (Å²) in [5.74, 6) is 0.240. The number of hydrogen-bond acceptors (Lipinski definition) is 3. The number of hydrogen-bond donors (Lipinski definition) is 0. The van der Waals surface area contributed by atoms with Crippen LogP contribution in [0.15, 0.2) is 133 Å². The summed E-state index contributed by atoms with van der Waals surface area (Å²) < 4.78 is 32.6. The van der Waals surface area contributed by atoms with Crippen LogP contribution in [0.3, 0.4) is 0 Å². The molecule has 0 aliphatic carbocycles. The van der Waals surface area contributed by atoms with Crippen LogP contribution in [0.5, 0.6) is 0 Å². The van der Waals surface area contributed by atoms with Crippen LogP contribution in [-0.4, -0.2) is 19.5 Å². The van der Waals surface area contributed by atoms with Crippen LogP contribution in [0.4, 0.5) is 8.78 Å². The summed E-state index contributed by atoms with van der Waals surface area (Å²) in [6.07, 6.45) is 0. The fourth-order valence-electron chi connectivity index (χ4n) is 6.27. The van der Waals surface area contributed by atoms with Gasteiger partial charge in [-0.1, -0.05) is 96.1 Å². The fourth-order valence-corrected chi connectivity index (χ4v) is 6.27. The Morgan fingerprint density at radius 3 is 1.51 bits per heavy atom. The van der Waals surface area contributed by atoms with E-state index in [1.165, 1.54) is 18.2 Å². The van der Waals surface area contributed by atoms with Crippen molar-refractivity contribution < 1.29 is 8.78 Å². The first-order chi connectivity index (χ1) is 22.9. The number of rotatable bonds is 5. The quantitative estimate of drug-likeness (QED) is 0.194. The summed E-state index contributed by atoms with van der Waals surface area (Å²) in [6, 6.07) is 41.6. The Morgan fingerprint density at radius 2 is 0.979 bits per heavy atom. The Kier molecular flexibility index (Phi) is 6.91. The van der Waals surface area contributed by atoms with Gasteiger partial charge in [0.2, 0.25) is 0 Å². The van der Waals surface area contributed by atoms with Gasteiger partial charge in [0, 0.05) is 27.5 Å². The smallest absolute Gasteiger partial charge is 0.166 e. The molecule has 0 bridgehead atoms. The zero-order valence-electron chi connectivity index (χ0n) is 25.7. The largest absolute Gasteiger partial charge is 0.308 e. The predicted octanol–water partition coefficient (Wildman–Crippen LogP) is 10.5. The minimum Gasteiger partial charge on any atom is -0.308 e. The fraction of sp³-hybridized carbons (Fsp3) is 0.0488. The number of halogens is 2. The standard InChI is InChI=1S/C41H28F2N4/c1-25-16-20-35-31(22-25)32-23-26(2)17-21-36(32)47(35)37-24-29(38-33(42)14-9-15-34(38)43)18-19-30(37)41-45-39(27-10-5-3-6-11-27)44-40(46-41)28-12-7-4-8-13-28/h3-24H,1-2H3. The minimum atomic E-state index is -0.630. The molecule has 0 aliphatic heterocycles. The van der Waals surface area contributed by atoms with Gasteiger partial charge in [-0.05, 0) is 67.9 Å². The van der Waals surface area contributed by atoms with Crippen molar-refractivity contribution in [2.75, 3.05) is 0 Å². The molecule has 6 heteroatoms. The third kappa shape index (κ3) is 5.04. The summed E-state index contributed by atoms with van der Waals surface area (Å²) in [5, 5.41) is 2.17. The van der Waals surface area contributed by atoms with E-state index >= 15 is 8.78 Å². The Hall–Kier alpha value is -6.01. The third-order valence-corrected chi connectivity index (χ3v) is 8.51. The highest BCUT2D eigenvalue weighted by Gasteiger charge is 2.22. The Labute approximate surface area is 270 Å². The van der Waals surface area contributed by atoms with Crippen molar-refractivity contribution in [3.05, 3.63) is 156 Å². The van der Waals surface area contributed by atoms with E-state index in [2.05, 4.69) is 54.8 Å². The number of nitrogens with zero attached hydrogens (tertiary/aromatic N) is 4. The summed E-state index contributed by atoms with van der Waals surface area (Å²) in [7, 11) is 0. The van der Waals surface area contributed by atoms with Crippen molar-refractivity contribution in [2.24, 2.45) is 0 Å². The molecule has 0 aliphatic rings. The number of benzene rings is 6. The molecule has 2 heterocycles. The summed E-state index contributed by atoms with van der Waals surface area (Å²) in [4.78, 5) is 14.9. The number of fused-ring (bicyclic) bond motifs is 3. The van der Waals surface area contributed by atoms with E-state index in [4.69, 9.17) is 15.0 Å². The topological polar surface area (TPSA) is 43.6 Å². The highest BCUT2D eigenvalue weighted by atomic mass is 19.1. The molecule has 0 fully saturated rings.